The topological polar surface area (TPSA) is 38.9 Å². The quantitative estimate of drug-likeness (QED) is 0.788. The fraction of sp³-hybridized carbons (Fsp3) is 0.857. The van der Waals surface area contributed by atoms with Crippen LogP contribution in [-0.4, -0.2) is 16.0 Å². The van der Waals surface area contributed by atoms with E-state index < -0.39 is 0 Å². The lowest BCUT2D eigenvalue weighted by atomic mass is 9.49. The number of aryl methyl sites for hydroxylation is 1. The van der Waals surface area contributed by atoms with Crippen LogP contribution in [-0.2, 0) is 11.8 Å². The molecule has 0 radical (unpaired) electrons. The minimum Gasteiger partial charge on any atom is -0.339 e. The van der Waals surface area contributed by atoms with Gasteiger partial charge in [-0.1, -0.05) is 5.16 Å². The van der Waals surface area contributed by atoms with Gasteiger partial charge in [0.05, 0.1) is 0 Å². The average molecular weight is 267 g/mol. The first kappa shape index (κ1) is 11.3. The molecule has 0 spiro atoms. The number of hydrogen-bond donors (Lipinski definition) is 0. The van der Waals surface area contributed by atoms with Crippen LogP contribution in [0.2, 0.25) is 0 Å². The van der Waals surface area contributed by atoms with Gasteiger partial charge in [-0.3, -0.25) is 0 Å². The Hall–Kier alpha value is -0.570. The van der Waals surface area contributed by atoms with Gasteiger partial charge in [-0.25, -0.2) is 0 Å². The van der Waals surface area contributed by atoms with Gasteiger partial charge < -0.3 is 4.52 Å². The van der Waals surface area contributed by atoms with E-state index >= 15 is 0 Å². The Labute approximate surface area is 112 Å². The van der Waals surface area contributed by atoms with Crippen molar-refractivity contribution >= 4 is 11.6 Å². The lowest BCUT2D eigenvalue weighted by Crippen LogP contribution is -2.49. The number of aromatic nitrogens is 2. The molecule has 4 heteroatoms. The Bertz CT molecular complexity index is 421. The first-order valence-electron chi connectivity index (χ1n) is 7.16. The molecule has 4 bridgehead atoms. The largest absolute Gasteiger partial charge is 0.339 e. The summed E-state index contributed by atoms with van der Waals surface area (Å²) in [5.74, 6) is 5.03. The molecular formula is C14H19ClN2O. The summed E-state index contributed by atoms with van der Waals surface area (Å²) in [5, 5.41) is 4.28. The maximum absolute atomic E-state index is 5.74. The van der Waals surface area contributed by atoms with E-state index in [1.807, 2.05) is 0 Å². The van der Waals surface area contributed by atoms with Crippen LogP contribution in [0.5, 0.6) is 0 Å². The molecule has 4 aliphatic rings. The third-order valence-electron chi connectivity index (χ3n) is 5.29. The van der Waals surface area contributed by atoms with Crippen molar-refractivity contribution < 1.29 is 4.52 Å². The fourth-order valence-electron chi connectivity index (χ4n) is 5.04. The Balaban J connectivity index is 1.66. The number of halogens is 1. The summed E-state index contributed by atoms with van der Waals surface area (Å²) in [6.07, 6.45) is 8.92. The third kappa shape index (κ3) is 1.63. The van der Waals surface area contributed by atoms with Gasteiger partial charge in [0.1, 0.15) is 0 Å². The summed E-state index contributed by atoms with van der Waals surface area (Å²) < 4.78 is 5.35. The predicted octanol–water partition coefficient (Wildman–Crippen LogP) is 3.32. The average Bonchev–Trinajstić information content (AvgIpc) is 2.77. The molecular weight excluding hydrogens is 248 g/mol. The number of nitrogens with zero attached hydrogens (tertiary/aromatic N) is 2. The van der Waals surface area contributed by atoms with Crippen molar-refractivity contribution in [3.63, 3.8) is 0 Å². The minimum atomic E-state index is 0.253. The molecule has 0 aromatic carbocycles. The van der Waals surface area contributed by atoms with Crippen LogP contribution >= 0.6 is 11.6 Å². The number of rotatable bonds is 3. The van der Waals surface area contributed by atoms with Crippen molar-refractivity contribution in [2.45, 2.75) is 50.4 Å². The second kappa shape index (κ2) is 3.96. The highest BCUT2D eigenvalue weighted by atomic mass is 35.5. The van der Waals surface area contributed by atoms with Crippen molar-refractivity contribution in [2.24, 2.45) is 17.8 Å². The maximum atomic E-state index is 5.74. The summed E-state index contributed by atoms with van der Waals surface area (Å²) in [5.41, 5.74) is 0.253. The van der Waals surface area contributed by atoms with Gasteiger partial charge in [0, 0.05) is 17.7 Å². The molecule has 4 aliphatic carbocycles. The normalized spacial score (nSPS) is 41.5. The predicted molar refractivity (Wildman–Crippen MR) is 68.6 cm³/mol. The molecule has 3 nitrogen and oxygen atoms in total. The highest BCUT2D eigenvalue weighted by molar-refractivity contribution is 6.17. The second-order valence-electron chi connectivity index (χ2n) is 6.65. The highest BCUT2D eigenvalue weighted by Gasteiger charge is 2.53. The lowest BCUT2D eigenvalue weighted by molar-refractivity contribution is -0.0103. The van der Waals surface area contributed by atoms with Gasteiger partial charge in [-0.2, -0.15) is 4.98 Å². The summed E-state index contributed by atoms with van der Waals surface area (Å²) in [6.45, 7) is 0. The smallest absolute Gasteiger partial charge is 0.227 e. The molecule has 0 N–H and O–H groups in total. The van der Waals surface area contributed by atoms with Crippen LogP contribution in [0.25, 0.3) is 0 Å². The van der Waals surface area contributed by atoms with E-state index in [1.165, 1.54) is 38.5 Å². The SMILES string of the molecule is ClCCc1nc(C23CC4CC(CC(C4)C2)C3)no1. The zero-order valence-corrected chi connectivity index (χ0v) is 11.3. The van der Waals surface area contributed by atoms with Gasteiger partial charge >= 0.3 is 0 Å². The molecule has 4 saturated carbocycles. The van der Waals surface area contributed by atoms with Gasteiger partial charge in [0.25, 0.3) is 0 Å². The van der Waals surface area contributed by atoms with Crippen LogP contribution < -0.4 is 0 Å². The number of hydrogen-bond acceptors (Lipinski definition) is 3. The van der Waals surface area contributed by atoms with E-state index in [-0.39, 0.29) is 5.41 Å². The van der Waals surface area contributed by atoms with Crippen LogP contribution in [0.3, 0.4) is 0 Å². The highest BCUT2D eigenvalue weighted by Crippen LogP contribution is 2.60. The molecule has 98 valence electrons. The van der Waals surface area contributed by atoms with Gasteiger partial charge in [0.15, 0.2) is 5.82 Å². The summed E-state index contributed by atoms with van der Waals surface area (Å²) in [6, 6.07) is 0. The third-order valence-corrected chi connectivity index (χ3v) is 5.48. The molecule has 0 saturated heterocycles. The van der Waals surface area contributed by atoms with Crippen LogP contribution in [0.1, 0.15) is 50.2 Å². The standard InChI is InChI=1S/C14H19ClN2O/c15-2-1-12-16-13(17-18-12)14-6-9-3-10(7-14)5-11(4-9)8-14/h9-11H,1-8H2. The minimum absolute atomic E-state index is 0.253. The second-order valence-corrected chi connectivity index (χ2v) is 7.03. The first-order valence-corrected chi connectivity index (χ1v) is 7.70. The fourth-order valence-corrected chi connectivity index (χ4v) is 5.20. The first-order chi connectivity index (χ1) is 8.77. The molecule has 4 fully saturated rings. The van der Waals surface area contributed by atoms with E-state index in [9.17, 15) is 0 Å². The van der Waals surface area contributed by atoms with Gasteiger partial charge in [-0.05, 0) is 56.3 Å². The van der Waals surface area contributed by atoms with E-state index in [4.69, 9.17) is 16.1 Å². The molecule has 0 unspecified atom stereocenters. The lowest BCUT2D eigenvalue weighted by Gasteiger charge is -2.55. The van der Waals surface area contributed by atoms with Gasteiger partial charge in [-0.15, -0.1) is 11.6 Å². The Kier molecular flexibility index (Phi) is 2.48. The van der Waals surface area contributed by atoms with Crippen molar-refractivity contribution in [3.05, 3.63) is 11.7 Å². The number of alkyl halides is 1. The zero-order chi connectivity index (χ0) is 12.2. The van der Waals surface area contributed by atoms with Crippen molar-refractivity contribution in [3.8, 4) is 0 Å². The molecule has 1 aromatic heterocycles. The maximum Gasteiger partial charge on any atom is 0.227 e. The van der Waals surface area contributed by atoms with Crippen molar-refractivity contribution in [1.29, 1.82) is 0 Å². The molecule has 5 rings (SSSR count). The molecule has 0 aliphatic heterocycles. The van der Waals surface area contributed by atoms with Gasteiger partial charge in [0.2, 0.25) is 5.89 Å². The van der Waals surface area contributed by atoms with Crippen LogP contribution in [0, 0.1) is 17.8 Å². The van der Waals surface area contributed by atoms with Crippen molar-refractivity contribution in [1.82, 2.24) is 10.1 Å². The van der Waals surface area contributed by atoms with E-state index in [0.29, 0.717) is 12.3 Å². The molecule has 1 aromatic rings. The summed E-state index contributed by atoms with van der Waals surface area (Å²) in [4.78, 5) is 4.63. The molecule has 18 heavy (non-hydrogen) atoms. The summed E-state index contributed by atoms with van der Waals surface area (Å²) >= 11 is 5.74. The van der Waals surface area contributed by atoms with E-state index in [0.717, 1.165) is 29.5 Å². The molecule has 0 amide bonds. The van der Waals surface area contributed by atoms with E-state index in [2.05, 4.69) is 10.1 Å². The zero-order valence-electron chi connectivity index (χ0n) is 10.6. The Morgan fingerprint density at radius 3 is 2.28 bits per heavy atom. The summed E-state index contributed by atoms with van der Waals surface area (Å²) in [7, 11) is 0. The van der Waals surface area contributed by atoms with E-state index in [1.54, 1.807) is 0 Å². The molecule has 0 atom stereocenters. The Morgan fingerprint density at radius 2 is 1.72 bits per heavy atom. The van der Waals surface area contributed by atoms with Crippen LogP contribution in [0.4, 0.5) is 0 Å². The van der Waals surface area contributed by atoms with Crippen molar-refractivity contribution in [2.75, 3.05) is 5.88 Å². The Morgan fingerprint density at radius 1 is 1.11 bits per heavy atom. The monoisotopic (exact) mass is 266 g/mol. The molecule has 1 heterocycles. The van der Waals surface area contributed by atoms with Crippen LogP contribution in [0.15, 0.2) is 4.52 Å².